The highest BCUT2D eigenvalue weighted by Crippen LogP contribution is 2.35. The van der Waals surface area contributed by atoms with Crippen molar-refractivity contribution < 1.29 is 23.8 Å². The first-order chi connectivity index (χ1) is 16.7. The summed E-state index contributed by atoms with van der Waals surface area (Å²) in [7, 11) is 1.50. The molecule has 4 rings (SSSR count). The van der Waals surface area contributed by atoms with Gasteiger partial charge < -0.3 is 14.2 Å². The van der Waals surface area contributed by atoms with Gasteiger partial charge in [0.15, 0.2) is 23.6 Å². The topological polar surface area (TPSA) is 61.8 Å². The van der Waals surface area contributed by atoms with Crippen molar-refractivity contribution in [2.75, 3.05) is 7.11 Å². The van der Waals surface area contributed by atoms with E-state index < -0.39 is 0 Å². The molecule has 0 bridgehead atoms. The van der Waals surface area contributed by atoms with Crippen LogP contribution in [0.1, 0.15) is 37.4 Å². The minimum absolute atomic E-state index is 0.170. The van der Waals surface area contributed by atoms with Crippen molar-refractivity contribution in [3.63, 3.8) is 0 Å². The first-order valence-electron chi connectivity index (χ1n) is 10.8. The van der Waals surface area contributed by atoms with Crippen LogP contribution in [0.15, 0.2) is 97.1 Å². The van der Waals surface area contributed by atoms with E-state index in [1.807, 2.05) is 60.7 Å². The second kappa shape index (κ2) is 11.0. The highest BCUT2D eigenvalue weighted by Gasteiger charge is 2.23. The van der Waals surface area contributed by atoms with Crippen LogP contribution in [-0.4, -0.2) is 19.2 Å². The molecule has 0 aliphatic heterocycles. The Bertz CT molecular complexity index is 1250. The number of hydrogen-bond acceptors (Lipinski definition) is 5. The maximum atomic E-state index is 13.5. The van der Waals surface area contributed by atoms with Crippen LogP contribution in [0.4, 0.5) is 0 Å². The number of methoxy groups -OCH3 is 1. The minimum atomic E-state index is -0.335. The Morgan fingerprint density at radius 2 is 1.32 bits per heavy atom. The number of carbonyl (C=O) groups excluding carboxylic acids is 2. The molecule has 170 valence electrons. The van der Waals surface area contributed by atoms with E-state index in [4.69, 9.17) is 14.2 Å². The Morgan fingerprint density at radius 1 is 0.735 bits per heavy atom. The van der Waals surface area contributed by atoms with Crippen LogP contribution in [0, 0.1) is 0 Å². The molecule has 0 aliphatic carbocycles. The molecule has 0 saturated carbocycles. The molecule has 0 aliphatic rings. The van der Waals surface area contributed by atoms with Gasteiger partial charge in [0.05, 0.1) is 12.7 Å². The highest BCUT2D eigenvalue weighted by molar-refractivity contribution is 6.15. The van der Waals surface area contributed by atoms with Crippen molar-refractivity contribution in [3.8, 4) is 17.2 Å². The lowest BCUT2D eigenvalue weighted by Crippen LogP contribution is -2.10. The summed E-state index contributed by atoms with van der Waals surface area (Å²) < 4.78 is 17.3. The van der Waals surface area contributed by atoms with E-state index >= 15 is 0 Å². The molecule has 0 atom stereocenters. The largest absolute Gasteiger partial charge is 0.493 e. The number of hydrogen-bond donors (Lipinski definition) is 0. The van der Waals surface area contributed by atoms with Gasteiger partial charge in [-0.1, -0.05) is 60.7 Å². The summed E-state index contributed by atoms with van der Waals surface area (Å²) >= 11 is 0. The zero-order valence-electron chi connectivity index (χ0n) is 18.8. The smallest absolute Gasteiger partial charge is 0.197 e. The number of carbonyl (C=O) groups is 2. The van der Waals surface area contributed by atoms with Gasteiger partial charge in [0.2, 0.25) is 0 Å². The quantitative estimate of drug-likeness (QED) is 0.222. The zero-order valence-corrected chi connectivity index (χ0v) is 18.8. The lowest BCUT2D eigenvalue weighted by Gasteiger charge is -2.16. The number of rotatable bonds is 10. The monoisotopic (exact) mass is 452 g/mol. The molecule has 34 heavy (non-hydrogen) atoms. The Labute approximate surface area is 198 Å². The van der Waals surface area contributed by atoms with E-state index in [9.17, 15) is 9.59 Å². The average molecular weight is 453 g/mol. The van der Waals surface area contributed by atoms with Crippen molar-refractivity contribution in [3.05, 3.63) is 125 Å². The fourth-order valence-corrected chi connectivity index (χ4v) is 3.53. The molecule has 4 aromatic rings. The fraction of sp³-hybridized carbons (Fsp3) is 0.103. The molecule has 0 amide bonds. The fourth-order valence-electron chi connectivity index (χ4n) is 3.53. The molecule has 0 aromatic heterocycles. The molecular weight excluding hydrogens is 428 g/mol. The van der Waals surface area contributed by atoms with Gasteiger partial charge in [0, 0.05) is 11.1 Å². The number of benzene rings is 4. The van der Waals surface area contributed by atoms with Crippen LogP contribution in [0.25, 0.3) is 0 Å². The van der Waals surface area contributed by atoms with E-state index in [0.717, 1.165) is 11.1 Å². The standard InChI is InChI=1S/C29H24O5/c1-32-26-17-14-24(18-30)27(29(26)34-20-22-10-6-3-7-11-22)28(31)23-12-15-25(16-13-23)33-19-21-8-4-2-5-9-21/h2-18H,19-20H2,1H3. The van der Waals surface area contributed by atoms with Crippen LogP contribution in [0.2, 0.25) is 0 Å². The lowest BCUT2D eigenvalue weighted by atomic mass is 9.97. The van der Waals surface area contributed by atoms with Crippen molar-refractivity contribution in [1.82, 2.24) is 0 Å². The second-order valence-corrected chi connectivity index (χ2v) is 7.58. The number of ketones is 1. The van der Waals surface area contributed by atoms with E-state index in [1.165, 1.54) is 7.11 Å². The lowest BCUT2D eigenvalue weighted by molar-refractivity contribution is 0.102. The molecule has 0 N–H and O–H groups in total. The summed E-state index contributed by atoms with van der Waals surface area (Å²) in [5, 5.41) is 0. The first kappa shape index (κ1) is 22.8. The van der Waals surface area contributed by atoms with E-state index in [2.05, 4.69) is 0 Å². The van der Waals surface area contributed by atoms with E-state index in [1.54, 1.807) is 36.4 Å². The molecule has 0 saturated heterocycles. The van der Waals surface area contributed by atoms with Crippen LogP contribution in [-0.2, 0) is 13.2 Å². The Morgan fingerprint density at radius 3 is 1.88 bits per heavy atom. The number of aldehydes is 1. The Hall–Kier alpha value is -4.38. The minimum Gasteiger partial charge on any atom is -0.493 e. The summed E-state index contributed by atoms with van der Waals surface area (Å²) in [5.74, 6) is 0.930. The van der Waals surface area contributed by atoms with Gasteiger partial charge in [0.1, 0.15) is 19.0 Å². The van der Waals surface area contributed by atoms with Gasteiger partial charge >= 0.3 is 0 Å². The maximum Gasteiger partial charge on any atom is 0.197 e. The van der Waals surface area contributed by atoms with Crippen LogP contribution < -0.4 is 14.2 Å². The summed E-state index contributed by atoms with van der Waals surface area (Å²) in [5.41, 5.74) is 2.80. The van der Waals surface area contributed by atoms with Crippen LogP contribution >= 0.6 is 0 Å². The predicted molar refractivity (Wildman–Crippen MR) is 130 cm³/mol. The first-order valence-corrected chi connectivity index (χ1v) is 10.8. The number of ether oxygens (including phenoxy) is 3. The van der Waals surface area contributed by atoms with Crippen molar-refractivity contribution >= 4 is 12.1 Å². The van der Waals surface area contributed by atoms with Crippen molar-refractivity contribution in [2.24, 2.45) is 0 Å². The highest BCUT2D eigenvalue weighted by atomic mass is 16.5. The summed E-state index contributed by atoms with van der Waals surface area (Å²) in [6.07, 6.45) is 0.652. The predicted octanol–water partition coefficient (Wildman–Crippen LogP) is 5.90. The molecule has 5 nitrogen and oxygen atoms in total. The van der Waals surface area contributed by atoms with Crippen LogP contribution in [0.5, 0.6) is 17.2 Å². The van der Waals surface area contributed by atoms with Gasteiger partial charge in [-0.3, -0.25) is 9.59 Å². The van der Waals surface area contributed by atoms with E-state index in [0.29, 0.717) is 30.0 Å². The zero-order chi connectivity index (χ0) is 23.8. The van der Waals surface area contributed by atoms with Gasteiger partial charge in [-0.25, -0.2) is 0 Å². The van der Waals surface area contributed by atoms with Crippen molar-refractivity contribution in [1.29, 1.82) is 0 Å². The Kier molecular flexibility index (Phi) is 7.35. The summed E-state index contributed by atoms with van der Waals surface area (Å²) in [4.78, 5) is 25.3. The SMILES string of the molecule is COc1ccc(C=O)c(C(=O)c2ccc(OCc3ccccc3)cc2)c1OCc1ccccc1. The third kappa shape index (κ3) is 5.33. The molecule has 4 aromatic carbocycles. The molecular formula is C29H24O5. The molecule has 0 spiro atoms. The molecule has 0 heterocycles. The van der Waals surface area contributed by atoms with Crippen molar-refractivity contribution in [2.45, 2.75) is 13.2 Å². The maximum absolute atomic E-state index is 13.5. The summed E-state index contributed by atoms with van der Waals surface area (Å²) in [6.45, 7) is 0.656. The molecule has 0 unspecified atom stereocenters. The molecule has 0 fully saturated rings. The van der Waals surface area contributed by atoms with Crippen LogP contribution in [0.3, 0.4) is 0 Å². The second-order valence-electron chi connectivity index (χ2n) is 7.58. The van der Waals surface area contributed by atoms with Gasteiger partial charge in [-0.15, -0.1) is 0 Å². The molecule has 0 radical (unpaired) electrons. The summed E-state index contributed by atoms with van der Waals surface area (Å²) in [6, 6.07) is 29.4. The third-order valence-corrected chi connectivity index (χ3v) is 5.32. The third-order valence-electron chi connectivity index (χ3n) is 5.32. The van der Waals surface area contributed by atoms with Gasteiger partial charge in [0.25, 0.3) is 0 Å². The van der Waals surface area contributed by atoms with Gasteiger partial charge in [-0.2, -0.15) is 0 Å². The average Bonchev–Trinajstić information content (AvgIpc) is 2.91. The van der Waals surface area contributed by atoms with Gasteiger partial charge in [-0.05, 0) is 47.5 Å². The Balaban J connectivity index is 1.59. The molecule has 5 heteroatoms. The normalized spacial score (nSPS) is 10.4. The van der Waals surface area contributed by atoms with E-state index in [-0.39, 0.29) is 29.3 Å².